The van der Waals surface area contributed by atoms with E-state index in [9.17, 15) is 33.6 Å². The van der Waals surface area contributed by atoms with Gasteiger partial charge < -0.3 is 37.1 Å². The van der Waals surface area contributed by atoms with Gasteiger partial charge in [0.15, 0.2) is 0 Å². The topological polar surface area (TPSA) is 221 Å². The minimum atomic E-state index is -0.911. The molecule has 16 heteroatoms. The Balaban J connectivity index is 1.52. The van der Waals surface area contributed by atoms with Crippen LogP contribution in [0.5, 0.6) is 0 Å². The third kappa shape index (κ3) is 15.0. The van der Waals surface area contributed by atoms with E-state index in [0.29, 0.717) is 75.3 Å². The van der Waals surface area contributed by atoms with Crippen LogP contribution in [0.15, 0.2) is 36.4 Å². The average molecular weight is 783 g/mol. The van der Waals surface area contributed by atoms with Crippen molar-refractivity contribution in [3.05, 3.63) is 42.0 Å². The van der Waals surface area contributed by atoms with Crippen molar-refractivity contribution in [2.75, 3.05) is 38.2 Å². The second kappa shape index (κ2) is 23.9. The van der Waals surface area contributed by atoms with Gasteiger partial charge in [0.05, 0.1) is 0 Å². The van der Waals surface area contributed by atoms with Gasteiger partial charge in [-0.05, 0) is 81.0 Å². The number of carbonyl (C=O) groups excluding carboxylic acids is 7. The first-order valence-corrected chi connectivity index (χ1v) is 20.0. The second-order valence-corrected chi connectivity index (χ2v) is 14.9. The fraction of sp³-hybridized carbons (Fsp3) is 0.625. The van der Waals surface area contributed by atoms with Gasteiger partial charge in [0.2, 0.25) is 23.6 Å². The number of rotatable bonds is 23. The number of nitrogens with zero attached hydrogens (tertiary/aromatic N) is 2. The van der Waals surface area contributed by atoms with Crippen molar-refractivity contribution in [1.29, 1.82) is 0 Å². The lowest BCUT2D eigenvalue weighted by atomic mass is 10.0. The molecule has 56 heavy (non-hydrogen) atoms. The summed E-state index contributed by atoms with van der Waals surface area (Å²) in [5.41, 5.74) is 6.71. The van der Waals surface area contributed by atoms with Crippen LogP contribution in [-0.2, 0) is 40.1 Å². The molecule has 3 rings (SSSR count). The Labute approximate surface area is 330 Å². The number of unbranched alkanes of at least 4 members (excludes halogenated alkanes) is 2. The van der Waals surface area contributed by atoms with Gasteiger partial charge in [-0.2, -0.15) is 0 Å². The monoisotopic (exact) mass is 782 g/mol. The molecule has 4 atom stereocenters. The third-order valence-electron chi connectivity index (χ3n) is 10.0. The van der Waals surface area contributed by atoms with Crippen LogP contribution >= 0.6 is 0 Å². The highest BCUT2D eigenvalue weighted by molar-refractivity contribution is 6.12. The van der Waals surface area contributed by atoms with Crippen LogP contribution < -0.4 is 32.3 Å². The van der Waals surface area contributed by atoms with Crippen LogP contribution in [0.4, 0.5) is 10.5 Å². The molecular weight excluding hydrogens is 720 g/mol. The van der Waals surface area contributed by atoms with Crippen LogP contribution in [0.25, 0.3) is 0 Å². The molecule has 4 unspecified atom stereocenters. The van der Waals surface area contributed by atoms with Gasteiger partial charge in [0, 0.05) is 50.6 Å². The molecule has 310 valence electrons. The maximum absolute atomic E-state index is 13.5. The van der Waals surface area contributed by atoms with E-state index in [0.717, 1.165) is 24.2 Å². The molecule has 7 N–H and O–H groups in total. The Kier molecular flexibility index (Phi) is 19.5. The highest BCUT2D eigenvalue weighted by Crippen LogP contribution is 2.20. The zero-order valence-corrected chi connectivity index (χ0v) is 33.4. The largest absolute Gasteiger partial charge is 0.445 e. The fourth-order valence-corrected chi connectivity index (χ4v) is 6.33. The van der Waals surface area contributed by atoms with E-state index in [2.05, 4.69) is 40.4 Å². The molecule has 2 aliphatic heterocycles. The lowest BCUT2D eigenvalue weighted by Gasteiger charge is -2.34. The van der Waals surface area contributed by atoms with Crippen molar-refractivity contribution in [2.24, 2.45) is 17.6 Å². The van der Waals surface area contributed by atoms with Crippen LogP contribution in [0.3, 0.4) is 0 Å². The van der Waals surface area contributed by atoms with Gasteiger partial charge in [-0.25, -0.2) is 4.79 Å². The molecule has 1 aromatic carbocycles. The van der Waals surface area contributed by atoms with Crippen molar-refractivity contribution in [3.63, 3.8) is 0 Å². The Morgan fingerprint density at radius 3 is 2.29 bits per heavy atom. The van der Waals surface area contributed by atoms with Crippen molar-refractivity contribution in [3.8, 4) is 0 Å². The maximum atomic E-state index is 13.5. The summed E-state index contributed by atoms with van der Waals surface area (Å²) in [5.74, 6) is -1.99. The minimum absolute atomic E-state index is 0.0156. The van der Waals surface area contributed by atoms with E-state index in [1.54, 1.807) is 38.1 Å². The quantitative estimate of drug-likeness (QED) is 0.0541. The molecule has 0 radical (unpaired) electrons. The molecule has 0 bridgehead atoms. The number of likely N-dealkylation sites (tertiary alicyclic amines) is 1. The zero-order chi connectivity index (χ0) is 41.0. The highest BCUT2D eigenvalue weighted by atomic mass is 16.6. The third-order valence-corrected chi connectivity index (χ3v) is 10.0. The van der Waals surface area contributed by atoms with Crippen LogP contribution in [0.1, 0.15) is 97.5 Å². The van der Waals surface area contributed by atoms with Crippen molar-refractivity contribution >= 4 is 47.2 Å². The summed E-state index contributed by atoms with van der Waals surface area (Å²) in [6.07, 6.45) is 7.82. The molecule has 0 aromatic heterocycles. The van der Waals surface area contributed by atoms with E-state index in [4.69, 9.17) is 10.5 Å². The minimum Gasteiger partial charge on any atom is -0.445 e. The number of hydrogen-bond acceptors (Lipinski definition) is 10. The molecule has 0 saturated carbocycles. The predicted octanol–water partition coefficient (Wildman–Crippen LogP) is 2.68. The number of anilines is 1. The smallest absolute Gasteiger partial charge is 0.410 e. The fourth-order valence-electron chi connectivity index (χ4n) is 6.33. The first-order valence-electron chi connectivity index (χ1n) is 20.0. The van der Waals surface area contributed by atoms with E-state index in [-0.39, 0.29) is 55.8 Å². The number of carbonyl (C=O) groups is 7. The Hall–Kier alpha value is -4.83. The Morgan fingerprint density at radius 2 is 1.62 bits per heavy atom. The van der Waals surface area contributed by atoms with E-state index in [1.165, 1.54) is 17.1 Å². The summed E-state index contributed by atoms with van der Waals surface area (Å²) in [6, 6.07) is 4.45. The van der Waals surface area contributed by atoms with Crippen molar-refractivity contribution < 1.29 is 38.3 Å². The standard InChI is InChI=1S/C40H62N8O8/c1-5-28(4)24-43-38(53)32-13-8-10-22-47(32)40(55)56-25-29-15-17-30(18-16-29)44-37(52)31(12-11-21-42-26-41)45-39(54)36(27(2)3)46-33(49)14-7-6-9-23-48-34(50)19-20-35(48)51/h15-20,27-28,31-32,36,42H,5-14,21-26,41H2,1-4H3,(H,43,53)(H,44,52)(H,45,54)(H,46,49). The number of ether oxygens (including phenoxy) is 1. The predicted molar refractivity (Wildman–Crippen MR) is 211 cm³/mol. The molecular formula is C40H62N8O8. The SMILES string of the molecule is CCC(C)CNC(=O)C1CCCCN1C(=O)OCc1ccc(NC(=O)C(CCCNCN)NC(=O)C(NC(=O)CCCCCN2C(=O)C=CC2=O)C(C)C)cc1. The van der Waals surface area contributed by atoms with E-state index >= 15 is 0 Å². The number of amides is 7. The first kappa shape index (κ1) is 45.6. The summed E-state index contributed by atoms with van der Waals surface area (Å²) in [4.78, 5) is 91.8. The summed E-state index contributed by atoms with van der Waals surface area (Å²) in [7, 11) is 0. The molecule has 1 saturated heterocycles. The van der Waals surface area contributed by atoms with Crippen LogP contribution in [0, 0.1) is 11.8 Å². The Morgan fingerprint density at radius 1 is 0.911 bits per heavy atom. The van der Waals surface area contributed by atoms with Crippen LogP contribution in [-0.4, -0.2) is 102 Å². The lowest BCUT2D eigenvalue weighted by molar-refractivity contribution is -0.137. The lowest BCUT2D eigenvalue weighted by Crippen LogP contribution is -2.54. The molecule has 0 spiro atoms. The Bertz CT molecular complexity index is 1500. The van der Waals surface area contributed by atoms with Crippen LogP contribution in [0.2, 0.25) is 0 Å². The van der Waals surface area contributed by atoms with Crippen molar-refractivity contribution in [1.82, 2.24) is 31.1 Å². The number of benzene rings is 1. The number of nitrogens with one attached hydrogen (secondary N) is 5. The second-order valence-electron chi connectivity index (χ2n) is 14.9. The summed E-state index contributed by atoms with van der Waals surface area (Å²) < 4.78 is 5.59. The number of piperidine rings is 1. The van der Waals surface area contributed by atoms with Gasteiger partial charge in [0.25, 0.3) is 11.8 Å². The molecule has 2 heterocycles. The summed E-state index contributed by atoms with van der Waals surface area (Å²) >= 11 is 0. The normalized spacial score (nSPS) is 17.0. The van der Waals surface area contributed by atoms with E-state index < -0.39 is 36.0 Å². The van der Waals surface area contributed by atoms with Gasteiger partial charge in [-0.15, -0.1) is 0 Å². The van der Waals surface area contributed by atoms with Gasteiger partial charge in [-0.3, -0.25) is 38.6 Å². The number of hydrogen-bond donors (Lipinski definition) is 6. The summed E-state index contributed by atoms with van der Waals surface area (Å²) in [5, 5.41) is 14.5. The van der Waals surface area contributed by atoms with Gasteiger partial charge >= 0.3 is 6.09 Å². The molecule has 16 nitrogen and oxygen atoms in total. The van der Waals surface area contributed by atoms with Gasteiger partial charge in [0.1, 0.15) is 24.7 Å². The zero-order valence-electron chi connectivity index (χ0n) is 33.4. The molecule has 1 aromatic rings. The molecule has 2 aliphatic rings. The van der Waals surface area contributed by atoms with Gasteiger partial charge in [-0.1, -0.05) is 52.7 Å². The maximum Gasteiger partial charge on any atom is 0.410 e. The summed E-state index contributed by atoms with van der Waals surface area (Å²) in [6.45, 7) is 9.82. The molecule has 0 aliphatic carbocycles. The van der Waals surface area contributed by atoms with E-state index in [1.807, 2.05) is 0 Å². The highest BCUT2D eigenvalue weighted by Gasteiger charge is 2.33. The molecule has 7 amide bonds. The first-order chi connectivity index (χ1) is 26.8. The number of imide groups is 1. The average Bonchev–Trinajstić information content (AvgIpc) is 3.51. The van der Waals surface area contributed by atoms with Crippen molar-refractivity contribution in [2.45, 2.75) is 117 Å². The number of nitrogens with two attached hydrogens (primary N) is 1. The molecule has 1 fully saturated rings.